The van der Waals surface area contributed by atoms with Gasteiger partial charge in [-0.05, 0) is 44.1 Å². The lowest BCUT2D eigenvalue weighted by Gasteiger charge is -2.29. The first-order valence-corrected chi connectivity index (χ1v) is 7.03. The Morgan fingerprint density at radius 1 is 1.25 bits per heavy atom. The van der Waals surface area contributed by atoms with E-state index in [1.807, 2.05) is 0 Å². The molecule has 2 fully saturated rings. The van der Waals surface area contributed by atoms with Gasteiger partial charge in [-0.2, -0.15) is 0 Å². The first kappa shape index (κ1) is 12.4. The Morgan fingerprint density at radius 2 is 1.88 bits per heavy atom. The Labute approximate surface area is 100 Å². The van der Waals surface area contributed by atoms with Crippen molar-refractivity contribution in [3.63, 3.8) is 0 Å². The second-order valence-electron chi connectivity index (χ2n) is 6.16. The lowest BCUT2D eigenvalue weighted by atomic mass is 9.85. The van der Waals surface area contributed by atoms with E-state index in [0.29, 0.717) is 5.92 Å². The highest BCUT2D eigenvalue weighted by Gasteiger charge is 2.33. The van der Waals surface area contributed by atoms with Crippen LogP contribution in [0.15, 0.2) is 0 Å². The largest absolute Gasteiger partial charge is 0.392 e. The Balaban J connectivity index is 1.66. The van der Waals surface area contributed by atoms with Crippen LogP contribution in [0.2, 0.25) is 0 Å². The summed E-state index contributed by atoms with van der Waals surface area (Å²) in [5.41, 5.74) is 0. The van der Waals surface area contributed by atoms with E-state index in [-0.39, 0.29) is 6.10 Å². The average molecular weight is 225 g/mol. The van der Waals surface area contributed by atoms with Crippen molar-refractivity contribution in [3.05, 3.63) is 0 Å². The lowest BCUT2D eigenvalue weighted by molar-refractivity contribution is 0.0536. The van der Waals surface area contributed by atoms with Crippen molar-refractivity contribution in [1.29, 1.82) is 0 Å². The molecule has 3 unspecified atom stereocenters. The number of aliphatic hydroxyl groups excluding tert-OH is 1. The molecule has 94 valence electrons. The highest BCUT2D eigenvalue weighted by atomic mass is 16.3. The smallest absolute Gasteiger partial charge is 0.0695 e. The quantitative estimate of drug-likeness (QED) is 0.777. The maximum atomic E-state index is 10.2. The van der Waals surface area contributed by atoms with Crippen molar-refractivity contribution in [3.8, 4) is 0 Å². The monoisotopic (exact) mass is 225 g/mol. The van der Waals surface area contributed by atoms with Crippen LogP contribution in [-0.4, -0.2) is 36.2 Å². The van der Waals surface area contributed by atoms with Crippen molar-refractivity contribution in [2.75, 3.05) is 20.1 Å². The van der Waals surface area contributed by atoms with Gasteiger partial charge in [0, 0.05) is 13.1 Å². The van der Waals surface area contributed by atoms with Gasteiger partial charge in [-0.25, -0.2) is 0 Å². The predicted molar refractivity (Wildman–Crippen MR) is 67.3 cm³/mol. The second kappa shape index (κ2) is 5.50. The van der Waals surface area contributed by atoms with Gasteiger partial charge < -0.3 is 10.0 Å². The minimum absolute atomic E-state index is 0.0839. The first-order valence-electron chi connectivity index (χ1n) is 7.03. The molecular formula is C14H27NO. The molecule has 0 bridgehead atoms. The van der Waals surface area contributed by atoms with E-state index in [1.54, 1.807) is 0 Å². The van der Waals surface area contributed by atoms with Crippen molar-refractivity contribution in [1.82, 2.24) is 4.90 Å². The zero-order valence-electron chi connectivity index (χ0n) is 10.9. The molecule has 1 N–H and O–H groups in total. The Morgan fingerprint density at radius 3 is 2.44 bits per heavy atom. The topological polar surface area (TPSA) is 23.5 Å². The summed E-state index contributed by atoms with van der Waals surface area (Å²) in [5, 5.41) is 10.2. The van der Waals surface area contributed by atoms with Gasteiger partial charge in [0.15, 0.2) is 0 Å². The van der Waals surface area contributed by atoms with Crippen LogP contribution in [0.4, 0.5) is 0 Å². The van der Waals surface area contributed by atoms with Crippen molar-refractivity contribution >= 4 is 0 Å². The number of hydrogen-bond donors (Lipinski definition) is 1. The summed E-state index contributed by atoms with van der Waals surface area (Å²) in [7, 11) is 2.16. The fraction of sp³-hybridized carbons (Fsp3) is 1.00. The standard InChI is InChI=1S/C14H27NO/c1-11-8-13(11)9-15(2)10-14(16)12-6-4-3-5-7-12/h11-14,16H,3-10H2,1-2H3. The number of nitrogens with zero attached hydrogens (tertiary/aromatic N) is 1. The normalized spacial score (nSPS) is 33.0. The van der Waals surface area contributed by atoms with Crippen LogP contribution < -0.4 is 0 Å². The lowest BCUT2D eigenvalue weighted by Crippen LogP contribution is -2.36. The molecule has 2 aliphatic rings. The molecule has 0 saturated heterocycles. The van der Waals surface area contributed by atoms with Crippen LogP contribution in [0.25, 0.3) is 0 Å². The molecule has 0 amide bonds. The van der Waals surface area contributed by atoms with E-state index in [2.05, 4.69) is 18.9 Å². The SMILES string of the molecule is CC1CC1CN(C)CC(O)C1CCCCC1. The predicted octanol–water partition coefficient (Wildman–Crippen LogP) is 2.52. The Hall–Kier alpha value is -0.0800. The van der Waals surface area contributed by atoms with Crippen molar-refractivity contribution in [2.24, 2.45) is 17.8 Å². The van der Waals surface area contributed by atoms with Crippen LogP contribution in [0, 0.1) is 17.8 Å². The maximum Gasteiger partial charge on any atom is 0.0695 e. The fourth-order valence-corrected chi connectivity index (χ4v) is 3.12. The third kappa shape index (κ3) is 3.46. The van der Waals surface area contributed by atoms with Gasteiger partial charge >= 0.3 is 0 Å². The van der Waals surface area contributed by atoms with Gasteiger partial charge in [0.05, 0.1) is 6.10 Å². The Bertz CT molecular complexity index is 213. The molecule has 0 aromatic carbocycles. The zero-order chi connectivity index (χ0) is 11.5. The van der Waals surface area contributed by atoms with Gasteiger partial charge in [-0.3, -0.25) is 0 Å². The summed E-state index contributed by atoms with van der Waals surface area (Å²) in [4.78, 5) is 2.34. The summed E-state index contributed by atoms with van der Waals surface area (Å²) in [6, 6.07) is 0. The molecule has 2 heteroatoms. The minimum Gasteiger partial charge on any atom is -0.392 e. The van der Waals surface area contributed by atoms with Crippen LogP contribution in [0.5, 0.6) is 0 Å². The summed E-state index contributed by atoms with van der Waals surface area (Å²) in [6.45, 7) is 4.40. The molecule has 2 saturated carbocycles. The zero-order valence-corrected chi connectivity index (χ0v) is 10.9. The second-order valence-corrected chi connectivity index (χ2v) is 6.16. The average Bonchev–Trinajstić information content (AvgIpc) is 2.95. The minimum atomic E-state index is -0.0839. The fourth-order valence-electron chi connectivity index (χ4n) is 3.12. The molecule has 2 aliphatic carbocycles. The van der Waals surface area contributed by atoms with E-state index >= 15 is 0 Å². The molecular weight excluding hydrogens is 198 g/mol. The molecule has 0 aromatic rings. The first-order chi connectivity index (χ1) is 7.66. The Kier molecular flexibility index (Phi) is 4.26. The third-order valence-electron chi connectivity index (χ3n) is 4.52. The van der Waals surface area contributed by atoms with Gasteiger partial charge in [-0.15, -0.1) is 0 Å². The van der Waals surface area contributed by atoms with Crippen LogP contribution in [0.1, 0.15) is 45.4 Å². The molecule has 0 radical (unpaired) electrons. The summed E-state index contributed by atoms with van der Waals surface area (Å²) in [5.74, 6) is 2.41. The molecule has 2 nitrogen and oxygen atoms in total. The van der Waals surface area contributed by atoms with E-state index in [4.69, 9.17) is 0 Å². The number of rotatable bonds is 5. The number of likely N-dealkylation sites (N-methyl/N-ethyl adjacent to an activating group) is 1. The van der Waals surface area contributed by atoms with Crippen molar-refractivity contribution in [2.45, 2.75) is 51.6 Å². The van der Waals surface area contributed by atoms with Gasteiger partial charge in [-0.1, -0.05) is 26.2 Å². The van der Waals surface area contributed by atoms with E-state index in [1.165, 1.54) is 45.1 Å². The van der Waals surface area contributed by atoms with Crippen molar-refractivity contribution < 1.29 is 5.11 Å². The molecule has 16 heavy (non-hydrogen) atoms. The molecule has 0 aliphatic heterocycles. The van der Waals surface area contributed by atoms with Gasteiger partial charge in [0.1, 0.15) is 0 Å². The van der Waals surface area contributed by atoms with E-state index < -0.39 is 0 Å². The summed E-state index contributed by atoms with van der Waals surface area (Å²) < 4.78 is 0. The highest BCUT2D eigenvalue weighted by molar-refractivity contribution is 4.85. The van der Waals surface area contributed by atoms with Gasteiger partial charge in [0.25, 0.3) is 0 Å². The van der Waals surface area contributed by atoms with Crippen LogP contribution in [0.3, 0.4) is 0 Å². The van der Waals surface area contributed by atoms with Gasteiger partial charge in [0.2, 0.25) is 0 Å². The van der Waals surface area contributed by atoms with E-state index in [0.717, 1.165) is 18.4 Å². The summed E-state index contributed by atoms with van der Waals surface area (Å²) in [6.07, 6.45) is 7.82. The number of hydrogen-bond acceptors (Lipinski definition) is 2. The van der Waals surface area contributed by atoms with E-state index in [9.17, 15) is 5.11 Å². The highest BCUT2D eigenvalue weighted by Crippen LogP contribution is 2.38. The maximum absolute atomic E-state index is 10.2. The van der Waals surface area contributed by atoms with Crippen LogP contribution >= 0.6 is 0 Å². The summed E-state index contributed by atoms with van der Waals surface area (Å²) >= 11 is 0. The molecule has 0 aromatic heterocycles. The molecule has 3 atom stereocenters. The molecule has 0 heterocycles. The van der Waals surface area contributed by atoms with Crippen LogP contribution in [-0.2, 0) is 0 Å². The molecule has 0 spiro atoms. The molecule has 2 rings (SSSR count). The third-order valence-corrected chi connectivity index (χ3v) is 4.52. The number of aliphatic hydroxyl groups is 1.